The molecule has 0 radical (unpaired) electrons. The molecule has 0 amide bonds. The summed E-state index contributed by atoms with van der Waals surface area (Å²) in [4.78, 5) is 2.45. The van der Waals surface area contributed by atoms with Crippen molar-refractivity contribution in [3.63, 3.8) is 0 Å². The highest BCUT2D eigenvalue weighted by atomic mass is 79.9. The van der Waals surface area contributed by atoms with Crippen LogP contribution in [-0.2, 0) is 0 Å². The van der Waals surface area contributed by atoms with Gasteiger partial charge in [-0.2, -0.15) is 0 Å². The second kappa shape index (κ2) is 5.29. The Morgan fingerprint density at radius 2 is 2.00 bits per heavy atom. The number of benzene rings is 1. The highest BCUT2D eigenvalue weighted by molar-refractivity contribution is 9.11. The minimum atomic E-state index is 0.329. The summed E-state index contributed by atoms with van der Waals surface area (Å²) in [6.45, 7) is 5.54. The Bertz CT molecular complexity index is 408. The van der Waals surface area contributed by atoms with E-state index in [0.29, 0.717) is 18.0 Å². The maximum absolute atomic E-state index is 6.13. The Kier molecular flexibility index (Phi) is 4.16. The van der Waals surface area contributed by atoms with Gasteiger partial charge in [0.25, 0.3) is 0 Å². The number of hydrogen-bond acceptors (Lipinski definition) is 2. The molecule has 2 nitrogen and oxygen atoms in total. The van der Waals surface area contributed by atoms with Gasteiger partial charge in [0.05, 0.1) is 5.69 Å². The molecule has 1 heterocycles. The fraction of sp³-hybridized carbons (Fsp3) is 0.538. The first-order valence-electron chi connectivity index (χ1n) is 5.98. The van der Waals surface area contributed by atoms with Crippen molar-refractivity contribution in [3.8, 4) is 0 Å². The maximum Gasteiger partial charge on any atom is 0.0513 e. The Labute approximate surface area is 120 Å². The summed E-state index contributed by atoms with van der Waals surface area (Å²) in [6.07, 6.45) is 1.06. The minimum Gasteiger partial charge on any atom is -0.368 e. The van der Waals surface area contributed by atoms with E-state index >= 15 is 0 Å². The van der Waals surface area contributed by atoms with Crippen molar-refractivity contribution in [2.45, 2.75) is 32.4 Å². The number of nitrogens with zero attached hydrogens (tertiary/aromatic N) is 1. The molecular formula is C13H18Br2N2. The molecule has 1 aliphatic heterocycles. The van der Waals surface area contributed by atoms with E-state index in [0.717, 1.165) is 21.9 Å². The van der Waals surface area contributed by atoms with Crippen molar-refractivity contribution < 1.29 is 0 Å². The summed E-state index contributed by atoms with van der Waals surface area (Å²) in [5.41, 5.74) is 7.39. The fourth-order valence-corrected chi connectivity index (χ4v) is 3.73. The molecular weight excluding hydrogens is 344 g/mol. The van der Waals surface area contributed by atoms with E-state index in [9.17, 15) is 0 Å². The van der Waals surface area contributed by atoms with E-state index in [2.05, 4.69) is 68.8 Å². The quantitative estimate of drug-likeness (QED) is 0.824. The highest BCUT2D eigenvalue weighted by Crippen LogP contribution is 2.34. The molecule has 0 saturated carbocycles. The first kappa shape index (κ1) is 13.4. The summed E-state index contributed by atoms with van der Waals surface area (Å²) in [7, 11) is 0. The van der Waals surface area contributed by atoms with Gasteiger partial charge >= 0.3 is 0 Å². The van der Waals surface area contributed by atoms with Crippen molar-refractivity contribution in [3.05, 3.63) is 27.1 Å². The van der Waals surface area contributed by atoms with Crippen LogP contribution < -0.4 is 10.6 Å². The zero-order valence-corrected chi connectivity index (χ0v) is 13.3. The third-order valence-corrected chi connectivity index (χ3v) is 4.98. The number of hydrogen-bond donors (Lipinski definition) is 1. The van der Waals surface area contributed by atoms with Crippen molar-refractivity contribution in [2.75, 3.05) is 11.4 Å². The molecule has 3 unspecified atom stereocenters. The summed E-state index contributed by atoms with van der Waals surface area (Å²) in [5, 5.41) is 0. The van der Waals surface area contributed by atoms with Gasteiger partial charge in [0.2, 0.25) is 0 Å². The van der Waals surface area contributed by atoms with Crippen LogP contribution in [0.5, 0.6) is 0 Å². The molecule has 1 fully saturated rings. The van der Waals surface area contributed by atoms with Crippen molar-refractivity contribution in [2.24, 2.45) is 11.7 Å². The molecule has 0 spiro atoms. The van der Waals surface area contributed by atoms with Gasteiger partial charge in [0, 0.05) is 27.6 Å². The minimum absolute atomic E-state index is 0.329. The zero-order chi connectivity index (χ0) is 12.6. The Hall–Kier alpha value is -0.0600. The van der Waals surface area contributed by atoms with Gasteiger partial charge in [0.15, 0.2) is 0 Å². The monoisotopic (exact) mass is 360 g/mol. The van der Waals surface area contributed by atoms with E-state index < -0.39 is 0 Å². The third kappa shape index (κ3) is 2.69. The molecule has 1 aromatic carbocycles. The molecule has 1 saturated heterocycles. The molecule has 3 atom stereocenters. The van der Waals surface area contributed by atoms with Crippen molar-refractivity contribution in [1.29, 1.82) is 0 Å². The van der Waals surface area contributed by atoms with Crippen molar-refractivity contribution in [1.82, 2.24) is 0 Å². The summed E-state index contributed by atoms with van der Waals surface area (Å²) in [6, 6.07) is 7.16. The van der Waals surface area contributed by atoms with Gasteiger partial charge in [-0.15, -0.1) is 0 Å². The van der Waals surface area contributed by atoms with E-state index in [1.165, 1.54) is 5.69 Å². The molecule has 2 N–H and O–H groups in total. The maximum atomic E-state index is 6.13. The van der Waals surface area contributed by atoms with E-state index in [1.807, 2.05) is 0 Å². The molecule has 0 aliphatic carbocycles. The topological polar surface area (TPSA) is 29.3 Å². The largest absolute Gasteiger partial charge is 0.368 e. The lowest BCUT2D eigenvalue weighted by Gasteiger charge is -2.43. The van der Waals surface area contributed by atoms with Gasteiger partial charge < -0.3 is 10.6 Å². The number of rotatable bonds is 1. The molecule has 0 bridgehead atoms. The second-order valence-corrected chi connectivity index (χ2v) is 6.61. The van der Waals surface area contributed by atoms with E-state index in [4.69, 9.17) is 5.73 Å². The normalized spacial score (nSPS) is 29.5. The standard InChI is InChI=1S/C13H18Br2N2/c1-8-9(2)17(6-5-12(8)16)13-4-3-10(14)7-11(13)15/h3-4,7-9,12H,5-6,16H2,1-2H3. The SMILES string of the molecule is CC1C(N)CCN(c2ccc(Br)cc2Br)C1C. The summed E-state index contributed by atoms with van der Waals surface area (Å²) < 4.78 is 2.24. The van der Waals surface area contributed by atoms with Gasteiger partial charge in [-0.25, -0.2) is 0 Å². The molecule has 94 valence electrons. The third-order valence-electron chi connectivity index (χ3n) is 3.85. The van der Waals surface area contributed by atoms with Crippen LogP contribution in [0, 0.1) is 5.92 Å². The smallest absolute Gasteiger partial charge is 0.0513 e. The predicted octanol–water partition coefficient (Wildman–Crippen LogP) is 3.77. The van der Waals surface area contributed by atoms with Gasteiger partial charge in [0.1, 0.15) is 0 Å². The predicted molar refractivity (Wildman–Crippen MR) is 80.4 cm³/mol. The second-order valence-electron chi connectivity index (χ2n) is 4.84. The van der Waals surface area contributed by atoms with Crippen LogP contribution in [0.3, 0.4) is 0 Å². The van der Waals surface area contributed by atoms with Gasteiger partial charge in [-0.3, -0.25) is 0 Å². The van der Waals surface area contributed by atoms with Gasteiger partial charge in [-0.05, 0) is 53.4 Å². The Morgan fingerprint density at radius 1 is 1.29 bits per heavy atom. The van der Waals surface area contributed by atoms with Crippen LogP contribution in [0.1, 0.15) is 20.3 Å². The number of nitrogens with two attached hydrogens (primary N) is 1. The highest BCUT2D eigenvalue weighted by Gasteiger charge is 2.31. The molecule has 1 aromatic rings. The lowest BCUT2D eigenvalue weighted by Crippen LogP contribution is -2.52. The summed E-state index contributed by atoms with van der Waals surface area (Å²) >= 11 is 7.13. The van der Waals surface area contributed by atoms with E-state index in [1.54, 1.807) is 0 Å². The van der Waals surface area contributed by atoms with E-state index in [-0.39, 0.29) is 0 Å². The number of halogens is 2. The molecule has 2 rings (SSSR count). The van der Waals surface area contributed by atoms with Crippen LogP contribution in [0.15, 0.2) is 27.1 Å². The van der Waals surface area contributed by atoms with Crippen molar-refractivity contribution >= 4 is 37.5 Å². The van der Waals surface area contributed by atoms with Crippen LogP contribution in [0.25, 0.3) is 0 Å². The number of anilines is 1. The van der Waals surface area contributed by atoms with Crippen LogP contribution in [0.2, 0.25) is 0 Å². The fourth-order valence-electron chi connectivity index (χ4n) is 2.45. The molecule has 0 aromatic heterocycles. The summed E-state index contributed by atoms with van der Waals surface area (Å²) in [5.74, 6) is 0.527. The number of piperidine rings is 1. The Morgan fingerprint density at radius 3 is 2.65 bits per heavy atom. The average molecular weight is 362 g/mol. The molecule has 4 heteroatoms. The lowest BCUT2D eigenvalue weighted by molar-refractivity contribution is 0.315. The van der Waals surface area contributed by atoms with Gasteiger partial charge in [-0.1, -0.05) is 22.9 Å². The first-order chi connectivity index (χ1) is 8.00. The Balaban J connectivity index is 2.28. The molecule has 1 aliphatic rings. The van der Waals surface area contributed by atoms with Crippen LogP contribution in [0.4, 0.5) is 5.69 Å². The lowest BCUT2D eigenvalue weighted by atomic mass is 9.87. The zero-order valence-electron chi connectivity index (χ0n) is 10.2. The van der Waals surface area contributed by atoms with Crippen LogP contribution >= 0.6 is 31.9 Å². The van der Waals surface area contributed by atoms with Crippen LogP contribution in [-0.4, -0.2) is 18.6 Å². The molecule has 17 heavy (non-hydrogen) atoms. The first-order valence-corrected chi connectivity index (χ1v) is 7.56. The average Bonchev–Trinajstić information content (AvgIpc) is 2.28.